The first-order valence-corrected chi connectivity index (χ1v) is 14.7. The molecule has 5 rings (SSSR count). The predicted octanol–water partition coefficient (Wildman–Crippen LogP) is 6.75. The number of anilines is 2. The summed E-state index contributed by atoms with van der Waals surface area (Å²) >= 11 is 5.95. The van der Waals surface area contributed by atoms with Gasteiger partial charge < -0.3 is 16.0 Å². The number of hydrogen-bond acceptors (Lipinski definition) is 5. The highest BCUT2D eigenvalue weighted by atomic mass is 35.5. The van der Waals surface area contributed by atoms with Crippen molar-refractivity contribution in [3.05, 3.63) is 88.5 Å². The minimum Gasteiger partial charge on any atom is -0.344 e. The topological polar surface area (TPSA) is 118 Å². The second-order valence-electron chi connectivity index (χ2n) is 10.7. The average molecular weight is 621 g/mol. The smallest absolute Gasteiger partial charge is 0.255 e. The van der Waals surface area contributed by atoms with Crippen molar-refractivity contribution in [1.29, 1.82) is 0 Å². The van der Waals surface area contributed by atoms with Crippen molar-refractivity contribution in [3.8, 4) is 16.8 Å². The van der Waals surface area contributed by atoms with Crippen LogP contribution in [0.4, 0.5) is 20.2 Å². The summed E-state index contributed by atoms with van der Waals surface area (Å²) in [4.78, 5) is 43.0. The molecular formula is C32H31ClF2N6O3. The molecule has 228 valence electrons. The van der Waals surface area contributed by atoms with Crippen LogP contribution in [0.3, 0.4) is 0 Å². The summed E-state index contributed by atoms with van der Waals surface area (Å²) in [7, 11) is 0. The fourth-order valence-corrected chi connectivity index (χ4v) is 5.31. The molecule has 12 heteroatoms. The molecule has 3 amide bonds. The zero-order chi connectivity index (χ0) is 31.5. The van der Waals surface area contributed by atoms with Crippen LogP contribution in [0, 0.1) is 24.5 Å². The lowest BCUT2D eigenvalue weighted by molar-refractivity contribution is -0.119. The number of nitrogens with zero attached hydrogens (tertiary/aromatic N) is 3. The van der Waals surface area contributed by atoms with Crippen LogP contribution in [0.25, 0.3) is 16.8 Å². The standard InChI is InChI=1S/C32H31ClF2N6O3/c1-4-29(42)38-19-11-12-20-21-14-27(36-16-24(21)34)25(9-5-7-17(2)31(43)40-26(20)13-19)39-32(44)22-15-37-41(18(22)3)28-10-6-8-23(33)30(28)35/h6,8,10-17,25H,4-5,7,9H2,1-3H3,(H,38,42)(H,39,44)(H,40,43)/t17-,25-/m0/s1. The van der Waals surface area contributed by atoms with Gasteiger partial charge in [0.25, 0.3) is 5.91 Å². The van der Waals surface area contributed by atoms with E-state index in [1.54, 1.807) is 51.1 Å². The number of amides is 3. The third kappa shape index (κ3) is 6.33. The van der Waals surface area contributed by atoms with Gasteiger partial charge in [-0.3, -0.25) is 19.4 Å². The third-order valence-electron chi connectivity index (χ3n) is 7.70. The van der Waals surface area contributed by atoms with Crippen molar-refractivity contribution in [2.45, 2.75) is 52.5 Å². The van der Waals surface area contributed by atoms with Gasteiger partial charge in [0, 0.05) is 29.2 Å². The third-order valence-corrected chi connectivity index (χ3v) is 7.99. The average Bonchev–Trinajstić information content (AvgIpc) is 3.38. The number of benzene rings is 2. The number of fused-ring (bicyclic) bond motifs is 4. The van der Waals surface area contributed by atoms with E-state index < -0.39 is 29.5 Å². The van der Waals surface area contributed by atoms with Crippen LogP contribution in [0.5, 0.6) is 0 Å². The van der Waals surface area contributed by atoms with Gasteiger partial charge in [0.2, 0.25) is 11.8 Å². The van der Waals surface area contributed by atoms with Gasteiger partial charge >= 0.3 is 0 Å². The number of hydrogen-bond donors (Lipinski definition) is 3. The van der Waals surface area contributed by atoms with Gasteiger partial charge in [-0.25, -0.2) is 13.5 Å². The van der Waals surface area contributed by atoms with Gasteiger partial charge in [0.1, 0.15) is 11.5 Å². The number of carbonyl (C=O) groups is 3. The highest BCUT2D eigenvalue weighted by Gasteiger charge is 2.25. The second kappa shape index (κ2) is 12.9. The minimum atomic E-state index is -0.659. The fourth-order valence-electron chi connectivity index (χ4n) is 5.14. The van der Waals surface area contributed by atoms with E-state index >= 15 is 4.39 Å². The van der Waals surface area contributed by atoms with Gasteiger partial charge in [0.05, 0.1) is 46.1 Å². The molecule has 0 fully saturated rings. The first-order chi connectivity index (χ1) is 21.1. The molecule has 4 aromatic rings. The SMILES string of the molecule is CCC(=O)Nc1ccc2c(c1)NC(=O)[C@@H](C)CCC[C@H](NC(=O)c1cnn(-c3cccc(Cl)c3F)c1C)c1cc-2c(F)cn1. The predicted molar refractivity (Wildman–Crippen MR) is 164 cm³/mol. The number of nitrogens with one attached hydrogen (secondary N) is 3. The minimum absolute atomic E-state index is 0.0683. The van der Waals surface area contributed by atoms with Crippen LogP contribution < -0.4 is 16.0 Å². The van der Waals surface area contributed by atoms with Crippen LogP contribution >= 0.6 is 11.6 Å². The molecule has 0 spiro atoms. The van der Waals surface area contributed by atoms with E-state index in [0.29, 0.717) is 47.6 Å². The van der Waals surface area contributed by atoms with Crippen LogP contribution in [-0.4, -0.2) is 32.5 Å². The first-order valence-electron chi connectivity index (χ1n) is 14.3. The van der Waals surface area contributed by atoms with Crippen LogP contribution in [0.2, 0.25) is 5.02 Å². The molecule has 0 radical (unpaired) electrons. The zero-order valence-corrected chi connectivity index (χ0v) is 25.1. The van der Waals surface area contributed by atoms with E-state index in [-0.39, 0.29) is 40.1 Å². The fraction of sp³-hybridized carbons (Fsp3) is 0.281. The van der Waals surface area contributed by atoms with Crippen LogP contribution in [0.1, 0.15) is 67.3 Å². The Morgan fingerprint density at radius 2 is 1.91 bits per heavy atom. The maximum Gasteiger partial charge on any atom is 0.255 e. The Kier molecular flexibility index (Phi) is 9.05. The maximum atomic E-state index is 15.3. The summed E-state index contributed by atoms with van der Waals surface area (Å²) in [6.07, 6.45) is 4.20. The van der Waals surface area contributed by atoms with Crippen molar-refractivity contribution >= 4 is 40.7 Å². The first kappa shape index (κ1) is 30.8. The number of rotatable bonds is 5. The Bertz CT molecular complexity index is 1760. The van der Waals surface area contributed by atoms with Crippen molar-refractivity contribution < 1.29 is 23.2 Å². The zero-order valence-electron chi connectivity index (χ0n) is 24.4. The molecule has 1 aliphatic heterocycles. The molecule has 0 unspecified atom stereocenters. The van der Waals surface area contributed by atoms with E-state index in [9.17, 15) is 18.8 Å². The molecule has 2 aromatic carbocycles. The molecule has 0 saturated heterocycles. The quantitative estimate of drug-likeness (QED) is 0.228. The molecule has 3 N–H and O–H groups in total. The van der Waals surface area contributed by atoms with E-state index in [2.05, 4.69) is 26.0 Å². The van der Waals surface area contributed by atoms with E-state index in [0.717, 1.165) is 6.20 Å². The Morgan fingerprint density at radius 1 is 1.11 bits per heavy atom. The molecule has 2 bridgehead atoms. The highest BCUT2D eigenvalue weighted by molar-refractivity contribution is 6.30. The number of carbonyl (C=O) groups excluding carboxylic acids is 3. The van der Waals surface area contributed by atoms with Gasteiger partial charge in [-0.1, -0.05) is 44.0 Å². The summed E-state index contributed by atoms with van der Waals surface area (Å²) in [5, 5.41) is 12.8. The summed E-state index contributed by atoms with van der Waals surface area (Å²) in [5.41, 5.74) is 2.52. The monoisotopic (exact) mass is 620 g/mol. The van der Waals surface area contributed by atoms with Crippen LogP contribution in [-0.2, 0) is 9.59 Å². The molecular weight excluding hydrogens is 590 g/mol. The number of aromatic nitrogens is 3. The maximum absolute atomic E-state index is 15.3. The molecule has 1 aliphatic rings. The largest absolute Gasteiger partial charge is 0.344 e. The lowest BCUT2D eigenvalue weighted by Gasteiger charge is -2.23. The van der Waals surface area contributed by atoms with E-state index in [1.807, 2.05) is 0 Å². The Hall–Kier alpha value is -4.64. The lowest BCUT2D eigenvalue weighted by atomic mass is 9.95. The summed E-state index contributed by atoms with van der Waals surface area (Å²) in [5.74, 6) is -2.59. The normalized spacial score (nSPS) is 16.6. The molecule has 0 aliphatic carbocycles. The molecule has 0 saturated carbocycles. The number of halogens is 3. The summed E-state index contributed by atoms with van der Waals surface area (Å²) < 4.78 is 31.3. The molecule has 2 atom stereocenters. The number of pyridine rings is 1. The Balaban J connectivity index is 1.51. The summed E-state index contributed by atoms with van der Waals surface area (Å²) in [6, 6.07) is 10.3. The van der Waals surface area contributed by atoms with Gasteiger partial charge in [-0.15, -0.1) is 0 Å². The van der Waals surface area contributed by atoms with Gasteiger partial charge in [0.15, 0.2) is 5.82 Å². The summed E-state index contributed by atoms with van der Waals surface area (Å²) in [6.45, 7) is 5.16. The van der Waals surface area contributed by atoms with Gasteiger partial charge in [-0.2, -0.15) is 5.10 Å². The van der Waals surface area contributed by atoms with Gasteiger partial charge in [-0.05, 0) is 50.1 Å². The van der Waals surface area contributed by atoms with Crippen molar-refractivity contribution in [1.82, 2.24) is 20.1 Å². The Labute approximate surface area is 258 Å². The molecule has 44 heavy (non-hydrogen) atoms. The molecule has 3 heterocycles. The van der Waals surface area contributed by atoms with E-state index in [4.69, 9.17) is 11.6 Å². The second-order valence-corrected chi connectivity index (χ2v) is 11.1. The Morgan fingerprint density at radius 3 is 2.68 bits per heavy atom. The molecule has 2 aromatic heterocycles. The van der Waals surface area contributed by atoms with E-state index in [1.165, 1.54) is 23.0 Å². The van der Waals surface area contributed by atoms with Crippen molar-refractivity contribution in [2.75, 3.05) is 10.6 Å². The molecule has 9 nitrogen and oxygen atoms in total. The lowest BCUT2D eigenvalue weighted by Crippen LogP contribution is -2.30. The van der Waals surface area contributed by atoms with Crippen molar-refractivity contribution in [3.63, 3.8) is 0 Å². The highest BCUT2D eigenvalue weighted by Crippen LogP contribution is 2.35. The van der Waals surface area contributed by atoms with Crippen molar-refractivity contribution in [2.24, 2.45) is 5.92 Å². The van der Waals surface area contributed by atoms with Crippen LogP contribution in [0.15, 0.2) is 54.9 Å².